The van der Waals surface area contributed by atoms with Gasteiger partial charge < -0.3 is 0 Å². The smallest absolute Gasteiger partial charge is 0.155 e. The van der Waals surface area contributed by atoms with Gasteiger partial charge in [0.05, 0.1) is 0 Å². The maximum absolute atomic E-state index is 11.1. The van der Waals surface area contributed by atoms with Gasteiger partial charge in [0, 0.05) is 6.42 Å². The van der Waals surface area contributed by atoms with E-state index in [1.807, 2.05) is 6.08 Å². The molecule has 0 amide bonds. The number of hydrogen-bond acceptors (Lipinski definition) is 1. The van der Waals surface area contributed by atoms with E-state index in [0.717, 1.165) is 12.8 Å². The molecule has 0 heterocycles. The number of benzene rings is 1. The average Bonchev–Trinajstić information content (AvgIpc) is 2.58. The summed E-state index contributed by atoms with van der Waals surface area (Å²) in [7, 11) is 0. The normalized spacial score (nSPS) is 15.6. The van der Waals surface area contributed by atoms with Crippen molar-refractivity contribution in [3.8, 4) is 0 Å². The van der Waals surface area contributed by atoms with Crippen LogP contribution >= 0.6 is 0 Å². The molecule has 0 unspecified atom stereocenters. The number of carbonyl (C=O) groups is 1. The molecule has 1 aromatic carbocycles. The predicted molar refractivity (Wildman–Crippen MR) is 61.9 cm³/mol. The summed E-state index contributed by atoms with van der Waals surface area (Å²) in [6, 6.07) is 6.51. The molecule has 0 saturated carbocycles. The SMILES string of the molecule is Cc1ccc(C)c(CC2=CC(=O)CC2)c1. The third kappa shape index (κ3) is 2.35. The number of carbonyl (C=O) groups excluding carboxylic acids is 1. The van der Waals surface area contributed by atoms with Gasteiger partial charge in [0.1, 0.15) is 0 Å². The molecule has 1 aromatic rings. The summed E-state index contributed by atoms with van der Waals surface area (Å²) in [5.74, 6) is 0.287. The van der Waals surface area contributed by atoms with Crippen molar-refractivity contribution in [3.63, 3.8) is 0 Å². The standard InChI is InChI=1S/C14H16O/c1-10-3-4-11(2)13(7-10)8-12-5-6-14(15)9-12/h3-4,7,9H,5-6,8H2,1-2H3. The van der Waals surface area contributed by atoms with Gasteiger partial charge in [-0.25, -0.2) is 0 Å². The zero-order valence-corrected chi connectivity index (χ0v) is 9.34. The monoisotopic (exact) mass is 200 g/mol. The Labute approximate surface area is 90.8 Å². The van der Waals surface area contributed by atoms with E-state index in [-0.39, 0.29) is 5.78 Å². The molecule has 1 aliphatic carbocycles. The third-order valence-corrected chi connectivity index (χ3v) is 2.98. The minimum atomic E-state index is 0.287. The Bertz CT molecular complexity index is 427. The van der Waals surface area contributed by atoms with Gasteiger partial charge in [0.15, 0.2) is 5.78 Å². The van der Waals surface area contributed by atoms with Crippen LogP contribution in [0, 0.1) is 13.8 Å². The lowest BCUT2D eigenvalue weighted by molar-refractivity contribution is -0.114. The van der Waals surface area contributed by atoms with Gasteiger partial charge in [-0.1, -0.05) is 29.3 Å². The number of rotatable bonds is 2. The first-order valence-corrected chi connectivity index (χ1v) is 5.43. The molecule has 0 aliphatic heterocycles. The number of aryl methyl sites for hydroxylation is 2. The number of ketones is 1. The Kier molecular flexibility index (Phi) is 2.72. The summed E-state index contributed by atoms with van der Waals surface area (Å²) in [6.45, 7) is 4.24. The minimum absolute atomic E-state index is 0.287. The zero-order valence-electron chi connectivity index (χ0n) is 9.34. The van der Waals surface area contributed by atoms with Crippen LogP contribution in [0.15, 0.2) is 29.8 Å². The topological polar surface area (TPSA) is 17.1 Å². The van der Waals surface area contributed by atoms with Gasteiger partial charge in [-0.05, 0) is 43.9 Å². The van der Waals surface area contributed by atoms with E-state index in [1.165, 1.54) is 22.3 Å². The first kappa shape index (κ1) is 10.2. The van der Waals surface area contributed by atoms with E-state index in [2.05, 4.69) is 32.0 Å². The van der Waals surface area contributed by atoms with Crippen LogP contribution in [0.3, 0.4) is 0 Å². The molecule has 0 radical (unpaired) electrons. The van der Waals surface area contributed by atoms with Crippen molar-refractivity contribution in [1.82, 2.24) is 0 Å². The molecule has 1 heteroatoms. The number of hydrogen-bond donors (Lipinski definition) is 0. The Balaban J connectivity index is 2.20. The van der Waals surface area contributed by atoms with Crippen molar-refractivity contribution in [2.75, 3.05) is 0 Å². The molecule has 1 aliphatic rings. The van der Waals surface area contributed by atoms with Crippen molar-refractivity contribution < 1.29 is 4.79 Å². The summed E-state index contributed by atoms with van der Waals surface area (Å²) in [5, 5.41) is 0. The minimum Gasteiger partial charge on any atom is -0.295 e. The van der Waals surface area contributed by atoms with Crippen LogP contribution in [0.5, 0.6) is 0 Å². The van der Waals surface area contributed by atoms with E-state index in [1.54, 1.807) is 0 Å². The van der Waals surface area contributed by atoms with Gasteiger partial charge >= 0.3 is 0 Å². The molecule has 0 bridgehead atoms. The second-order valence-corrected chi connectivity index (χ2v) is 4.38. The summed E-state index contributed by atoms with van der Waals surface area (Å²) in [5.41, 5.74) is 5.26. The van der Waals surface area contributed by atoms with Crippen molar-refractivity contribution in [2.45, 2.75) is 33.1 Å². The van der Waals surface area contributed by atoms with Gasteiger partial charge in [0.25, 0.3) is 0 Å². The van der Waals surface area contributed by atoms with Gasteiger partial charge in [-0.2, -0.15) is 0 Å². The lowest BCUT2D eigenvalue weighted by Gasteiger charge is -2.07. The number of allylic oxidation sites excluding steroid dienone is 2. The van der Waals surface area contributed by atoms with Gasteiger partial charge in [-0.3, -0.25) is 4.79 Å². The highest BCUT2D eigenvalue weighted by molar-refractivity contribution is 5.93. The molecule has 0 saturated heterocycles. The van der Waals surface area contributed by atoms with Crippen LogP contribution in [-0.2, 0) is 11.2 Å². The van der Waals surface area contributed by atoms with E-state index in [0.29, 0.717) is 6.42 Å². The molecule has 15 heavy (non-hydrogen) atoms. The summed E-state index contributed by atoms with van der Waals surface area (Å²) in [4.78, 5) is 11.1. The van der Waals surface area contributed by atoms with Crippen LogP contribution in [0.2, 0.25) is 0 Å². The molecule has 1 nitrogen and oxygen atoms in total. The molecular formula is C14H16O. The van der Waals surface area contributed by atoms with Crippen LogP contribution < -0.4 is 0 Å². The quantitative estimate of drug-likeness (QED) is 0.716. The van der Waals surface area contributed by atoms with E-state index >= 15 is 0 Å². The Morgan fingerprint density at radius 2 is 2.00 bits per heavy atom. The van der Waals surface area contributed by atoms with Crippen LogP contribution in [-0.4, -0.2) is 5.78 Å². The lowest BCUT2D eigenvalue weighted by Crippen LogP contribution is -1.92. The highest BCUT2D eigenvalue weighted by atomic mass is 16.1. The Hall–Kier alpha value is -1.37. The van der Waals surface area contributed by atoms with Crippen LogP contribution in [0.4, 0.5) is 0 Å². The first-order valence-electron chi connectivity index (χ1n) is 5.43. The fraction of sp³-hybridized carbons (Fsp3) is 0.357. The van der Waals surface area contributed by atoms with Gasteiger partial charge in [0.2, 0.25) is 0 Å². The molecule has 0 spiro atoms. The highest BCUT2D eigenvalue weighted by Gasteiger charge is 2.12. The van der Waals surface area contributed by atoms with Crippen molar-refractivity contribution in [2.24, 2.45) is 0 Å². The summed E-state index contributed by atoms with van der Waals surface area (Å²) >= 11 is 0. The maximum atomic E-state index is 11.1. The fourth-order valence-corrected chi connectivity index (χ4v) is 2.03. The Morgan fingerprint density at radius 3 is 2.67 bits per heavy atom. The molecule has 2 rings (SSSR count). The maximum Gasteiger partial charge on any atom is 0.155 e. The molecular weight excluding hydrogens is 184 g/mol. The Morgan fingerprint density at radius 1 is 1.20 bits per heavy atom. The molecule has 0 atom stereocenters. The van der Waals surface area contributed by atoms with E-state index < -0.39 is 0 Å². The molecule has 0 fully saturated rings. The van der Waals surface area contributed by atoms with Crippen molar-refractivity contribution >= 4 is 5.78 Å². The van der Waals surface area contributed by atoms with Crippen LogP contribution in [0.1, 0.15) is 29.5 Å². The van der Waals surface area contributed by atoms with Crippen molar-refractivity contribution in [1.29, 1.82) is 0 Å². The molecule has 0 aromatic heterocycles. The zero-order chi connectivity index (χ0) is 10.8. The molecule has 78 valence electrons. The van der Waals surface area contributed by atoms with E-state index in [9.17, 15) is 4.79 Å². The average molecular weight is 200 g/mol. The fourth-order valence-electron chi connectivity index (χ4n) is 2.03. The second-order valence-electron chi connectivity index (χ2n) is 4.38. The van der Waals surface area contributed by atoms with E-state index in [4.69, 9.17) is 0 Å². The largest absolute Gasteiger partial charge is 0.295 e. The summed E-state index contributed by atoms with van der Waals surface area (Å²) < 4.78 is 0. The van der Waals surface area contributed by atoms with Gasteiger partial charge in [-0.15, -0.1) is 0 Å². The first-order chi connectivity index (χ1) is 7.15. The van der Waals surface area contributed by atoms with Crippen molar-refractivity contribution in [3.05, 3.63) is 46.5 Å². The molecule has 0 N–H and O–H groups in total. The highest BCUT2D eigenvalue weighted by Crippen LogP contribution is 2.22. The predicted octanol–water partition coefficient (Wildman–Crippen LogP) is 3.14. The van der Waals surface area contributed by atoms with Crippen LogP contribution in [0.25, 0.3) is 0 Å². The summed E-state index contributed by atoms with van der Waals surface area (Å²) in [6.07, 6.45) is 4.42. The lowest BCUT2D eigenvalue weighted by atomic mass is 9.98. The second kappa shape index (κ2) is 4.01. The third-order valence-electron chi connectivity index (χ3n) is 2.98.